The second-order valence-corrected chi connectivity index (χ2v) is 4.83. The van der Waals surface area contributed by atoms with E-state index in [9.17, 15) is 0 Å². The molecular formula is C14H17N3. The van der Waals surface area contributed by atoms with Crippen molar-refractivity contribution in [2.75, 3.05) is 5.73 Å². The Bertz CT molecular complexity index is 512. The molecule has 1 saturated carbocycles. The van der Waals surface area contributed by atoms with Crippen molar-refractivity contribution in [2.45, 2.75) is 25.8 Å². The van der Waals surface area contributed by atoms with Gasteiger partial charge >= 0.3 is 0 Å². The molecule has 2 aromatic rings. The molecule has 1 aromatic heterocycles. The minimum atomic E-state index is 0.792. The van der Waals surface area contributed by atoms with Crippen LogP contribution in [0, 0.1) is 5.92 Å². The average molecular weight is 227 g/mol. The Hall–Kier alpha value is -1.77. The van der Waals surface area contributed by atoms with Crippen LogP contribution in [0.3, 0.4) is 0 Å². The van der Waals surface area contributed by atoms with E-state index in [1.807, 2.05) is 24.4 Å². The lowest BCUT2D eigenvalue weighted by molar-refractivity contribution is 0.277. The first kappa shape index (κ1) is 10.4. The zero-order valence-corrected chi connectivity index (χ0v) is 9.84. The minimum Gasteiger partial charge on any atom is -0.399 e. The first-order chi connectivity index (χ1) is 8.33. The SMILES string of the molecule is Nc1cccc(-c2nccn2CC2CCC2)c1. The van der Waals surface area contributed by atoms with Crippen molar-refractivity contribution in [3.8, 4) is 11.4 Å². The largest absolute Gasteiger partial charge is 0.399 e. The van der Waals surface area contributed by atoms with Crippen molar-refractivity contribution in [1.82, 2.24) is 9.55 Å². The fraction of sp³-hybridized carbons (Fsp3) is 0.357. The Labute approximate surface area is 101 Å². The summed E-state index contributed by atoms with van der Waals surface area (Å²) in [5.74, 6) is 1.87. The van der Waals surface area contributed by atoms with Crippen molar-refractivity contribution in [1.29, 1.82) is 0 Å². The van der Waals surface area contributed by atoms with Gasteiger partial charge in [-0.05, 0) is 30.9 Å². The van der Waals surface area contributed by atoms with Crippen LogP contribution in [0.2, 0.25) is 0 Å². The molecule has 1 aromatic carbocycles. The lowest BCUT2D eigenvalue weighted by Gasteiger charge is -2.26. The van der Waals surface area contributed by atoms with E-state index in [0.29, 0.717) is 0 Å². The van der Waals surface area contributed by atoms with Crippen molar-refractivity contribution in [3.05, 3.63) is 36.7 Å². The maximum atomic E-state index is 5.82. The van der Waals surface area contributed by atoms with Crippen LogP contribution >= 0.6 is 0 Å². The van der Waals surface area contributed by atoms with Crippen molar-refractivity contribution >= 4 is 5.69 Å². The van der Waals surface area contributed by atoms with E-state index >= 15 is 0 Å². The van der Waals surface area contributed by atoms with E-state index in [2.05, 4.69) is 21.8 Å². The number of anilines is 1. The van der Waals surface area contributed by atoms with Gasteiger partial charge in [-0.25, -0.2) is 4.98 Å². The van der Waals surface area contributed by atoms with Gasteiger partial charge in [-0.1, -0.05) is 18.6 Å². The molecule has 0 bridgehead atoms. The molecule has 1 aliphatic rings. The second-order valence-electron chi connectivity index (χ2n) is 4.83. The lowest BCUT2D eigenvalue weighted by atomic mass is 9.85. The molecule has 2 N–H and O–H groups in total. The number of benzene rings is 1. The van der Waals surface area contributed by atoms with Gasteiger partial charge in [0.05, 0.1) is 0 Å². The summed E-state index contributed by atoms with van der Waals surface area (Å²) in [6, 6.07) is 7.94. The van der Waals surface area contributed by atoms with Gasteiger partial charge in [0.1, 0.15) is 5.82 Å². The number of nitrogen functional groups attached to an aromatic ring is 1. The molecular weight excluding hydrogens is 210 g/mol. The maximum Gasteiger partial charge on any atom is 0.139 e. The predicted molar refractivity (Wildman–Crippen MR) is 69.4 cm³/mol. The lowest BCUT2D eigenvalue weighted by Crippen LogP contribution is -2.18. The summed E-state index contributed by atoms with van der Waals surface area (Å²) >= 11 is 0. The van der Waals surface area contributed by atoms with Crippen LogP contribution in [0.15, 0.2) is 36.7 Å². The molecule has 3 rings (SSSR count). The van der Waals surface area contributed by atoms with E-state index in [1.54, 1.807) is 0 Å². The topological polar surface area (TPSA) is 43.8 Å². The van der Waals surface area contributed by atoms with Gasteiger partial charge in [0.2, 0.25) is 0 Å². The van der Waals surface area contributed by atoms with Gasteiger partial charge in [-0.2, -0.15) is 0 Å². The van der Waals surface area contributed by atoms with Gasteiger partial charge in [-0.3, -0.25) is 0 Å². The molecule has 0 amide bonds. The molecule has 1 fully saturated rings. The number of nitrogens with zero attached hydrogens (tertiary/aromatic N) is 2. The average Bonchev–Trinajstić information content (AvgIpc) is 2.71. The summed E-state index contributed by atoms with van der Waals surface area (Å²) in [5, 5.41) is 0. The van der Waals surface area contributed by atoms with Crippen LogP contribution in [-0.4, -0.2) is 9.55 Å². The number of nitrogens with two attached hydrogens (primary N) is 1. The number of hydrogen-bond acceptors (Lipinski definition) is 2. The van der Waals surface area contributed by atoms with Crippen molar-refractivity contribution in [3.63, 3.8) is 0 Å². The Kier molecular flexibility index (Phi) is 2.59. The highest BCUT2D eigenvalue weighted by atomic mass is 15.1. The van der Waals surface area contributed by atoms with E-state index in [1.165, 1.54) is 19.3 Å². The zero-order chi connectivity index (χ0) is 11.7. The van der Waals surface area contributed by atoms with E-state index < -0.39 is 0 Å². The number of aromatic nitrogens is 2. The highest BCUT2D eigenvalue weighted by molar-refractivity contribution is 5.61. The highest BCUT2D eigenvalue weighted by Gasteiger charge is 2.19. The summed E-state index contributed by atoms with van der Waals surface area (Å²) in [6.45, 7) is 1.09. The van der Waals surface area contributed by atoms with E-state index in [-0.39, 0.29) is 0 Å². The number of imidazole rings is 1. The monoisotopic (exact) mass is 227 g/mol. The summed E-state index contributed by atoms with van der Waals surface area (Å²) < 4.78 is 2.25. The quantitative estimate of drug-likeness (QED) is 0.819. The minimum absolute atomic E-state index is 0.792. The number of rotatable bonds is 3. The molecule has 3 heteroatoms. The Morgan fingerprint density at radius 3 is 2.94 bits per heavy atom. The van der Waals surface area contributed by atoms with Crippen LogP contribution in [-0.2, 0) is 6.54 Å². The molecule has 1 heterocycles. The summed E-state index contributed by atoms with van der Waals surface area (Å²) in [7, 11) is 0. The molecule has 88 valence electrons. The first-order valence-electron chi connectivity index (χ1n) is 6.20. The summed E-state index contributed by atoms with van der Waals surface area (Å²) in [6.07, 6.45) is 8.03. The van der Waals surface area contributed by atoms with Gasteiger partial charge in [0.25, 0.3) is 0 Å². The molecule has 1 aliphatic carbocycles. The van der Waals surface area contributed by atoms with Gasteiger partial charge in [-0.15, -0.1) is 0 Å². The van der Waals surface area contributed by atoms with Crippen LogP contribution in [0.4, 0.5) is 5.69 Å². The smallest absolute Gasteiger partial charge is 0.139 e. The Balaban J connectivity index is 1.89. The highest BCUT2D eigenvalue weighted by Crippen LogP contribution is 2.29. The van der Waals surface area contributed by atoms with Crippen LogP contribution in [0.25, 0.3) is 11.4 Å². The van der Waals surface area contributed by atoms with Crippen LogP contribution < -0.4 is 5.73 Å². The molecule has 0 saturated heterocycles. The standard InChI is InChI=1S/C14H17N3/c15-13-6-2-5-12(9-13)14-16-7-8-17(14)10-11-3-1-4-11/h2,5-9,11H,1,3-4,10,15H2. The molecule has 0 spiro atoms. The number of hydrogen-bond donors (Lipinski definition) is 1. The molecule has 0 radical (unpaired) electrons. The normalized spacial score (nSPS) is 15.8. The second kappa shape index (κ2) is 4.24. The van der Waals surface area contributed by atoms with Gasteiger partial charge in [0.15, 0.2) is 0 Å². The molecule has 17 heavy (non-hydrogen) atoms. The first-order valence-corrected chi connectivity index (χ1v) is 6.20. The third-order valence-electron chi connectivity index (χ3n) is 3.54. The maximum absolute atomic E-state index is 5.82. The molecule has 0 aliphatic heterocycles. The Morgan fingerprint density at radius 2 is 2.24 bits per heavy atom. The molecule has 0 atom stereocenters. The predicted octanol–water partition coefficient (Wildman–Crippen LogP) is 2.93. The van der Waals surface area contributed by atoms with Crippen molar-refractivity contribution < 1.29 is 0 Å². The van der Waals surface area contributed by atoms with E-state index in [4.69, 9.17) is 5.73 Å². The fourth-order valence-corrected chi connectivity index (χ4v) is 2.35. The van der Waals surface area contributed by atoms with Gasteiger partial charge < -0.3 is 10.3 Å². The van der Waals surface area contributed by atoms with Crippen LogP contribution in [0.5, 0.6) is 0 Å². The fourth-order valence-electron chi connectivity index (χ4n) is 2.35. The summed E-state index contributed by atoms with van der Waals surface area (Å²) in [4.78, 5) is 4.45. The van der Waals surface area contributed by atoms with Crippen LogP contribution in [0.1, 0.15) is 19.3 Å². The third-order valence-corrected chi connectivity index (χ3v) is 3.54. The zero-order valence-electron chi connectivity index (χ0n) is 9.84. The third kappa shape index (κ3) is 2.05. The molecule has 3 nitrogen and oxygen atoms in total. The van der Waals surface area contributed by atoms with Crippen molar-refractivity contribution in [2.24, 2.45) is 5.92 Å². The molecule has 0 unspecified atom stereocenters. The summed E-state index contributed by atoms with van der Waals surface area (Å²) in [5.41, 5.74) is 7.71. The van der Waals surface area contributed by atoms with Gasteiger partial charge in [0, 0.05) is 30.2 Å². The Morgan fingerprint density at radius 1 is 1.35 bits per heavy atom. The van der Waals surface area contributed by atoms with E-state index in [0.717, 1.165) is 29.5 Å².